The minimum atomic E-state index is -2.46. The normalized spacial score (nSPS) is 13.4. The molecule has 0 aliphatic carbocycles. The second-order valence-electron chi connectivity index (χ2n) is 9.60. The van der Waals surface area contributed by atoms with Gasteiger partial charge in [-0.05, 0) is 0 Å². The Bertz CT molecular complexity index is 658. The summed E-state index contributed by atoms with van der Waals surface area (Å²) < 4.78 is 5.65. The molecule has 1 unspecified atom stereocenters. The topological polar surface area (TPSA) is 0 Å². The third kappa shape index (κ3) is 6.47. The predicted octanol–water partition coefficient (Wildman–Crippen LogP) is 8.31. The summed E-state index contributed by atoms with van der Waals surface area (Å²) in [6.45, 7) is 12.6. The van der Waals surface area contributed by atoms with E-state index in [9.17, 15) is 0 Å². The molecule has 0 amide bonds. The van der Waals surface area contributed by atoms with Crippen LogP contribution < -0.4 is 5.19 Å². The Morgan fingerprint density at radius 1 is 0.655 bits per heavy atom. The predicted molar refractivity (Wildman–Crippen MR) is 138 cm³/mol. The monoisotopic (exact) mass is 516 g/mol. The van der Waals surface area contributed by atoms with Crippen LogP contribution in [0, 0.1) is 0 Å². The van der Waals surface area contributed by atoms with Gasteiger partial charge in [0.1, 0.15) is 0 Å². The fraction of sp³-hybridized carbons (Fsp3) is 0.556. The molecule has 2 heteroatoms. The van der Waals surface area contributed by atoms with E-state index >= 15 is 0 Å². The van der Waals surface area contributed by atoms with Crippen LogP contribution in [0.4, 0.5) is 0 Å². The van der Waals surface area contributed by atoms with Gasteiger partial charge in [-0.15, -0.1) is 0 Å². The molecule has 0 fully saturated rings. The van der Waals surface area contributed by atoms with Crippen LogP contribution in [0.3, 0.4) is 0 Å². The van der Waals surface area contributed by atoms with Crippen LogP contribution in [0.1, 0.15) is 68.4 Å². The molecule has 0 radical (unpaired) electrons. The van der Waals surface area contributed by atoms with E-state index in [4.69, 9.17) is 0 Å². The molecule has 2 aromatic rings. The minimum absolute atomic E-state index is 0.880. The molecule has 0 spiro atoms. The van der Waals surface area contributed by atoms with Crippen molar-refractivity contribution in [1.82, 2.24) is 0 Å². The van der Waals surface area contributed by atoms with Gasteiger partial charge in [0.15, 0.2) is 0 Å². The number of hydrogen-bond donors (Lipinski definition) is 0. The summed E-state index contributed by atoms with van der Waals surface area (Å²) in [5.74, 6) is 0. The first kappa shape index (κ1) is 24.7. The van der Waals surface area contributed by atoms with Gasteiger partial charge in [0, 0.05) is 0 Å². The van der Waals surface area contributed by atoms with Gasteiger partial charge in [0.05, 0.1) is 0 Å². The van der Waals surface area contributed by atoms with E-state index in [1.807, 2.05) is 0 Å². The fourth-order valence-electron chi connectivity index (χ4n) is 5.61. The summed E-state index contributed by atoms with van der Waals surface area (Å²) in [4.78, 5) is 0. The first-order valence-corrected chi connectivity index (χ1v) is 22.9. The molecule has 0 saturated carbocycles. The van der Waals surface area contributed by atoms with E-state index < -0.39 is 26.5 Å². The molecule has 0 saturated heterocycles. The van der Waals surface area contributed by atoms with Crippen molar-refractivity contribution in [3.8, 4) is 0 Å². The standard InChI is InChI=1S/C15H17Si.3C4H9.Sn/c1-16(2,15-11-7-4-8-12-15)13-14-9-5-3-6-10-14;3*1-3-4-2;/h3-13H,1-2H3;3*1,3-4H2,2H3;. The molecule has 2 rings (SSSR count). The molecule has 0 N–H and O–H groups in total. The molecule has 0 heterocycles. The molecule has 29 heavy (non-hydrogen) atoms. The first-order chi connectivity index (χ1) is 14.0. The van der Waals surface area contributed by atoms with Gasteiger partial charge in [-0.25, -0.2) is 0 Å². The average molecular weight is 515 g/mol. The quantitative estimate of drug-likeness (QED) is 0.235. The number of unbranched alkanes of at least 4 members (excludes halogenated alkanes) is 3. The van der Waals surface area contributed by atoms with Crippen LogP contribution in [0.5, 0.6) is 0 Å². The van der Waals surface area contributed by atoms with Crippen LogP contribution in [-0.4, -0.2) is 26.5 Å². The Morgan fingerprint density at radius 3 is 1.48 bits per heavy atom. The van der Waals surface area contributed by atoms with Crippen molar-refractivity contribution in [1.29, 1.82) is 0 Å². The van der Waals surface area contributed by atoms with Gasteiger partial charge in [-0.1, -0.05) is 0 Å². The zero-order valence-corrected chi connectivity index (χ0v) is 23.6. The maximum absolute atomic E-state index is 2.69. The van der Waals surface area contributed by atoms with Gasteiger partial charge in [0.2, 0.25) is 0 Å². The van der Waals surface area contributed by atoms with Crippen molar-refractivity contribution < 1.29 is 0 Å². The van der Waals surface area contributed by atoms with Crippen molar-refractivity contribution in [2.24, 2.45) is 0 Å². The van der Waals surface area contributed by atoms with E-state index in [0.717, 1.165) is 3.56 Å². The van der Waals surface area contributed by atoms with Gasteiger partial charge in [-0.3, -0.25) is 0 Å². The van der Waals surface area contributed by atoms with Gasteiger partial charge in [-0.2, -0.15) is 0 Å². The van der Waals surface area contributed by atoms with Gasteiger partial charge >= 0.3 is 187 Å². The first-order valence-electron chi connectivity index (χ1n) is 12.1. The molecule has 160 valence electrons. The Labute approximate surface area is 186 Å². The summed E-state index contributed by atoms with van der Waals surface area (Å²) in [7, 11) is -1.64. The van der Waals surface area contributed by atoms with Crippen LogP contribution in [0.25, 0.3) is 0 Å². The number of rotatable bonds is 13. The molecule has 1 atom stereocenters. The van der Waals surface area contributed by atoms with Crippen LogP contribution in [0.15, 0.2) is 60.7 Å². The molecule has 0 aromatic heterocycles. The molecule has 0 bridgehead atoms. The third-order valence-corrected chi connectivity index (χ3v) is 37.0. The van der Waals surface area contributed by atoms with Crippen molar-refractivity contribution in [3.05, 3.63) is 66.2 Å². The van der Waals surface area contributed by atoms with Crippen molar-refractivity contribution >= 4 is 31.6 Å². The Kier molecular flexibility index (Phi) is 10.5. The zero-order chi connectivity index (χ0) is 21.2. The summed E-state index contributed by atoms with van der Waals surface area (Å²) >= 11 is -2.46. The molecular formula is C27H44SiSn. The maximum atomic E-state index is 2.69. The molecule has 0 aliphatic heterocycles. The molecule has 2 aromatic carbocycles. The van der Waals surface area contributed by atoms with E-state index in [2.05, 4.69) is 94.5 Å². The molecule has 0 nitrogen and oxygen atoms in total. The Balaban J connectivity index is 2.65. The van der Waals surface area contributed by atoms with Crippen molar-refractivity contribution in [3.63, 3.8) is 0 Å². The summed E-state index contributed by atoms with van der Waals surface area (Å²) in [6.07, 6.45) is 8.41. The average Bonchev–Trinajstić information content (AvgIpc) is 2.76. The van der Waals surface area contributed by atoms with E-state index in [0.29, 0.717) is 0 Å². The van der Waals surface area contributed by atoms with Gasteiger partial charge < -0.3 is 0 Å². The second-order valence-corrected chi connectivity index (χ2v) is 29.6. The van der Waals surface area contributed by atoms with Crippen molar-refractivity contribution in [2.75, 3.05) is 0 Å². The Hall–Kier alpha value is -0.544. The molecule has 0 aliphatic rings. The number of hydrogen-bond acceptors (Lipinski definition) is 0. The summed E-state index contributed by atoms with van der Waals surface area (Å²) in [5.41, 5.74) is 1.69. The Morgan fingerprint density at radius 2 is 1.07 bits per heavy atom. The third-order valence-electron chi connectivity index (χ3n) is 7.07. The zero-order valence-electron chi connectivity index (χ0n) is 19.7. The number of benzene rings is 2. The van der Waals surface area contributed by atoms with Gasteiger partial charge in [0.25, 0.3) is 0 Å². The second kappa shape index (κ2) is 12.3. The van der Waals surface area contributed by atoms with Crippen LogP contribution in [-0.2, 0) is 0 Å². The molecular weight excluding hydrogens is 471 g/mol. The van der Waals surface area contributed by atoms with E-state index in [1.165, 1.54) is 38.5 Å². The summed E-state index contributed by atoms with van der Waals surface area (Å²) in [5, 5.41) is 1.67. The summed E-state index contributed by atoms with van der Waals surface area (Å²) in [6, 6.07) is 23.4. The van der Waals surface area contributed by atoms with Crippen LogP contribution in [0.2, 0.25) is 26.4 Å². The van der Waals surface area contributed by atoms with E-state index in [-0.39, 0.29) is 0 Å². The van der Waals surface area contributed by atoms with E-state index in [1.54, 1.807) is 24.1 Å². The van der Waals surface area contributed by atoms with Crippen LogP contribution >= 0.6 is 0 Å². The fourth-order valence-corrected chi connectivity index (χ4v) is 43.2. The van der Waals surface area contributed by atoms with Crippen molar-refractivity contribution in [2.45, 2.75) is 89.3 Å². The SMILES string of the molecule is CCC[CH2][Sn]([CH2]CCC)([CH2]CCC)[CH](c1ccccc1)[Si](C)(C)c1ccccc1.